The number of hydrogen-bond donors (Lipinski definition) is 0. The molecule has 0 aliphatic heterocycles. The zero-order chi connectivity index (χ0) is 16.5. The SMILES string of the molecule is CC(C)Cn1c2ccccc2c2cc[n+](Cc3ccccc3)cc21.[Br-]. The molecule has 25 heavy (non-hydrogen) atoms. The zero-order valence-electron chi connectivity index (χ0n) is 14.7. The van der Waals surface area contributed by atoms with Crippen molar-refractivity contribution in [1.82, 2.24) is 4.57 Å². The van der Waals surface area contributed by atoms with Gasteiger partial charge in [0, 0.05) is 34.5 Å². The average molecular weight is 395 g/mol. The molecule has 0 bridgehead atoms. The standard InChI is InChI=1S/C22H23N2.BrH/c1-17(2)14-24-21-11-7-6-10-19(21)20-12-13-23(16-22(20)24)15-18-8-4-3-5-9-18;/h3-13,16-17H,14-15H2,1-2H3;1H/q+1;/p-1. The molecule has 0 fully saturated rings. The van der Waals surface area contributed by atoms with Gasteiger partial charge in [0.1, 0.15) is 5.52 Å². The molecule has 0 aliphatic rings. The topological polar surface area (TPSA) is 8.81 Å². The second-order valence-electron chi connectivity index (χ2n) is 6.92. The van der Waals surface area contributed by atoms with Crippen LogP contribution < -0.4 is 21.5 Å². The van der Waals surface area contributed by atoms with Crippen molar-refractivity contribution in [2.45, 2.75) is 26.9 Å². The van der Waals surface area contributed by atoms with Crippen molar-refractivity contribution >= 4 is 21.8 Å². The fourth-order valence-electron chi connectivity index (χ4n) is 3.49. The molecule has 2 heterocycles. The molecular formula is C22H23BrN2. The minimum Gasteiger partial charge on any atom is -1.00 e. The van der Waals surface area contributed by atoms with E-state index in [0.717, 1.165) is 13.1 Å². The van der Waals surface area contributed by atoms with Crippen molar-refractivity contribution in [3.8, 4) is 0 Å². The van der Waals surface area contributed by atoms with E-state index in [4.69, 9.17) is 0 Å². The number of nitrogens with zero attached hydrogens (tertiary/aromatic N) is 2. The highest BCUT2D eigenvalue weighted by atomic mass is 79.9. The lowest BCUT2D eigenvalue weighted by Gasteiger charge is -2.09. The molecule has 3 heteroatoms. The normalized spacial score (nSPS) is 11.2. The van der Waals surface area contributed by atoms with Gasteiger partial charge in [-0.25, -0.2) is 0 Å². The smallest absolute Gasteiger partial charge is 0.193 e. The number of aromatic nitrogens is 2. The van der Waals surface area contributed by atoms with Gasteiger partial charge in [0.2, 0.25) is 0 Å². The van der Waals surface area contributed by atoms with Gasteiger partial charge in [0.05, 0.1) is 0 Å². The predicted molar refractivity (Wildman–Crippen MR) is 100 cm³/mol. The van der Waals surface area contributed by atoms with E-state index in [9.17, 15) is 0 Å². The quantitative estimate of drug-likeness (QED) is 0.466. The first-order chi connectivity index (χ1) is 11.7. The van der Waals surface area contributed by atoms with Crippen LogP contribution in [0, 0.1) is 5.92 Å². The fraction of sp³-hybridized carbons (Fsp3) is 0.227. The second kappa shape index (κ2) is 7.40. The highest BCUT2D eigenvalue weighted by Crippen LogP contribution is 2.28. The van der Waals surface area contributed by atoms with Gasteiger partial charge in [-0.05, 0) is 12.0 Å². The molecule has 4 rings (SSSR count). The first-order valence-electron chi connectivity index (χ1n) is 8.66. The third-order valence-electron chi connectivity index (χ3n) is 4.53. The molecule has 2 nitrogen and oxygen atoms in total. The van der Waals surface area contributed by atoms with Crippen LogP contribution in [0.3, 0.4) is 0 Å². The van der Waals surface area contributed by atoms with Crippen LogP contribution in [0.2, 0.25) is 0 Å². The molecule has 0 unspecified atom stereocenters. The summed E-state index contributed by atoms with van der Waals surface area (Å²) in [5, 5.41) is 2.69. The Labute approximate surface area is 159 Å². The molecule has 0 aliphatic carbocycles. The molecule has 0 atom stereocenters. The molecule has 0 radical (unpaired) electrons. The van der Waals surface area contributed by atoms with Crippen LogP contribution in [0.15, 0.2) is 73.1 Å². The highest BCUT2D eigenvalue weighted by Gasteiger charge is 2.15. The van der Waals surface area contributed by atoms with Crippen molar-refractivity contribution < 1.29 is 21.5 Å². The lowest BCUT2D eigenvalue weighted by atomic mass is 10.2. The molecule has 0 saturated heterocycles. The fourth-order valence-corrected chi connectivity index (χ4v) is 3.49. The van der Waals surface area contributed by atoms with Crippen molar-refractivity contribution in [3.63, 3.8) is 0 Å². The van der Waals surface area contributed by atoms with E-state index in [-0.39, 0.29) is 17.0 Å². The van der Waals surface area contributed by atoms with Crippen molar-refractivity contribution in [2.75, 3.05) is 0 Å². The minimum absolute atomic E-state index is 0. The maximum absolute atomic E-state index is 2.47. The Kier molecular flexibility index (Phi) is 5.24. The maximum Gasteiger partial charge on any atom is 0.193 e. The van der Waals surface area contributed by atoms with E-state index in [1.165, 1.54) is 27.4 Å². The highest BCUT2D eigenvalue weighted by molar-refractivity contribution is 6.07. The van der Waals surface area contributed by atoms with Crippen LogP contribution in [-0.2, 0) is 13.1 Å². The Bertz CT molecular complexity index is 987. The third kappa shape index (κ3) is 3.47. The summed E-state index contributed by atoms with van der Waals surface area (Å²) in [4.78, 5) is 0. The molecule has 2 aromatic carbocycles. The summed E-state index contributed by atoms with van der Waals surface area (Å²) in [6, 6.07) is 21.6. The summed E-state index contributed by atoms with van der Waals surface area (Å²) < 4.78 is 4.75. The van der Waals surface area contributed by atoms with E-state index < -0.39 is 0 Å². The van der Waals surface area contributed by atoms with Crippen LogP contribution in [0.25, 0.3) is 21.8 Å². The van der Waals surface area contributed by atoms with Crippen molar-refractivity contribution in [1.29, 1.82) is 0 Å². The Morgan fingerprint density at radius 1 is 0.840 bits per heavy atom. The van der Waals surface area contributed by atoms with Gasteiger partial charge in [0.25, 0.3) is 0 Å². The second-order valence-corrected chi connectivity index (χ2v) is 6.92. The van der Waals surface area contributed by atoms with E-state index in [2.05, 4.69) is 96.0 Å². The van der Waals surface area contributed by atoms with Crippen LogP contribution >= 0.6 is 0 Å². The molecule has 2 aromatic heterocycles. The number of fused-ring (bicyclic) bond motifs is 3. The summed E-state index contributed by atoms with van der Waals surface area (Å²) >= 11 is 0. The van der Waals surface area contributed by atoms with Crippen LogP contribution in [-0.4, -0.2) is 4.57 Å². The van der Waals surface area contributed by atoms with E-state index >= 15 is 0 Å². The third-order valence-corrected chi connectivity index (χ3v) is 4.53. The molecule has 4 aromatic rings. The Balaban J connectivity index is 0.00000182. The summed E-state index contributed by atoms with van der Waals surface area (Å²) in [7, 11) is 0. The summed E-state index contributed by atoms with van der Waals surface area (Å²) in [6.45, 7) is 6.50. The van der Waals surface area contributed by atoms with Gasteiger partial charge in [-0.1, -0.05) is 62.4 Å². The van der Waals surface area contributed by atoms with Gasteiger partial charge >= 0.3 is 0 Å². The van der Waals surface area contributed by atoms with Crippen molar-refractivity contribution in [2.24, 2.45) is 5.92 Å². The number of benzene rings is 2. The lowest BCUT2D eigenvalue weighted by Crippen LogP contribution is -3.00. The Hall–Kier alpha value is -2.13. The lowest BCUT2D eigenvalue weighted by molar-refractivity contribution is -0.687. The molecule has 0 saturated carbocycles. The van der Waals surface area contributed by atoms with Gasteiger partial charge in [-0.2, -0.15) is 4.57 Å². The van der Waals surface area contributed by atoms with Crippen LogP contribution in [0.1, 0.15) is 19.4 Å². The molecule has 128 valence electrons. The largest absolute Gasteiger partial charge is 1.00 e. The molecular weight excluding hydrogens is 372 g/mol. The Morgan fingerprint density at radius 3 is 2.28 bits per heavy atom. The summed E-state index contributed by atoms with van der Waals surface area (Å²) in [6.07, 6.45) is 4.49. The average Bonchev–Trinajstić information content (AvgIpc) is 2.89. The Morgan fingerprint density at radius 2 is 1.52 bits per heavy atom. The van der Waals surface area contributed by atoms with Gasteiger partial charge in [-0.3, -0.25) is 0 Å². The number of halogens is 1. The van der Waals surface area contributed by atoms with Crippen LogP contribution in [0.5, 0.6) is 0 Å². The van der Waals surface area contributed by atoms with E-state index in [0.29, 0.717) is 5.92 Å². The van der Waals surface area contributed by atoms with Gasteiger partial charge in [-0.15, -0.1) is 0 Å². The molecule has 0 N–H and O–H groups in total. The summed E-state index contributed by atoms with van der Waals surface area (Å²) in [5.74, 6) is 0.617. The maximum atomic E-state index is 2.47. The molecule has 0 spiro atoms. The minimum atomic E-state index is 0. The molecule has 0 amide bonds. The van der Waals surface area contributed by atoms with E-state index in [1.54, 1.807) is 0 Å². The number of pyridine rings is 1. The van der Waals surface area contributed by atoms with Crippen LogP contribution in [0.4, 0.5) is 0 Å². The zero-order valence-corrected chi connectivity index (χ0v) is 16.3. The predicted octanol–water partition coefficient (Wildman–Crippen LogP) is 1.79. The number of para-hydroxylation sites is 1. The number of rotatable bonds is 4. The first-order valence-corrected chi connectivity index (χ1v) is 8.66. The first kappa shape index (κ1) is 17.7. The summed E-state index contributed by atoms with van der Waals surface area (Å²) in [5.41, 5.74) is 3.98. The van der Waals surface area contributed by atoms with E-state index in [1.807, 2.05) is 0 Å². The monoisotopic (exact) mass is 394 g/mol. The number of hydrogen-bond acceptors (Lipinski definition) is 0. The van der Waals surface area contributed by atoms with Crippen molar-refractivity contribution in [3.05, 3.63) is 78.6 Å². The van der Waals surface area contributed by atoms with Gasteiger partial charge in [0.15, 0.2) is 18.9 Å². The van der Waals surface area contributed by atoms with Gasteiger partial charge < -0.3 is 21.5 Å².